The van der Waals surface area contributed by atoms with Crippen LogP contribution in [0.4, 0.5) is 0 Å². The zero-order valence-corrected chi connectivity index (χ0v) is 24.8. The number of ether oxygens (including phenoxy) is 4. The lowest BCUT2D eigenvalue weighted by Crippen LogP contribution is -2.60. The number of furan rings is 1. The van der Waals surface area contributed by atoms with Gasteiger partial charge in [-0.2, -0.15) is 0 Å². The average molecular weight is 616 g/mol. The molecule has 1 saturated carbocycles. The van der Waals surface area contributed by atoms with Gasteiger partial charge in [0.15, 0.2) is 11.3 Å². The molecule has 7 rings (SSSR count). The van der Waals surface area contributed by atoms with E-state index in [1.807, 2.05) is 0 Å². The molecule has 3 aliphatic carbocycles. The third kappa shape index (κ3) is 4.86. The highest BCUT2D eigenvalue weighted by Crippen LogP contribution is 2.57. The van der Waals surface area contributed by atoms with Crippen molar-refractivity contribution < 1.29 is 53.4 Å². The first-order valence-electron chi connectivity index (χ1n) is 16.0. The van der Waals surface area contributed by atoms with Crippen molar-refractivity contribution in [2.24, 2.45) is 11.8 Å². The van der Waals surface area contributed by atoms with Crippen LogP contribution in [-0.2, 0) is 25.5 Å². The van der Waals surface area contributed by atoms with Crippen LogP contribution in [0.25, 0.3) is 11.0 Å². The topological polar surface area (TPSA) is 177 Å². The molecule has 12 heteroatoms. The van der Waals surface area contributed by atoms with Gasteiger partial charge in [-0.05, 0) is 63.4 Å². The van der Waals surface area contributed by atoms with Gasteiger partial charge in [0.1, 0.15) is 24.4 Å². The molecular weight excluding hydrogens is 574 g/mol. The molecule has 9 unspecified atom stereocenters. The third-order valence-corrected chi connectivity index (χ3v) is 10.3. The molecule has 1 aromatic carbocycles. The number of amides is 1. The highest BCUT2D eigenvalue weighted by atomic mass is 16.7. The highest BCUT2D eigenvalue weighted by molar-refractivity contribution is 5.97. The molecule has 2 aromatic rings. The SMILES string of the molecule is CCOC(=O)C1Cc2c(OC3OC(CO)C(O)C(O)C3O)c(OC3CCCCC3)c3occ4c3c2C(C1)CC1C(=O)NCC41. The summed E-state index contributed by atoms with van der Waals surface area (Å²) in [5.74, 6) is -0.887. The first-order chi connectivity index (χ1) is 21.3. The van der Waals surface area contributed by atoms with Crippen molar-refractivity contribution >= 4 is 22.8 Å². The Hall–Kier alpha value is -2.90. The maximum atomic E-state index is 13.2. The van der Waals surface area contributed by atoms with E-state index < -0.39 is 43.2 Å². The zero-order valence-electron chi connectivity index (χ0n) is 24.8. The van der Waals surface area contributed by atoms with Gasteiger partial charge in [-0.1, -0.05) is 6.42 Å². The summed E-state index contributed by atoms with van der Waals surface area (Å²) in [5.41, 5.74) is 3.02. The molecule has 1 amide bonds. The number of aliphatic hydroxyl groups is 4. The van der Waals surface area contributed by atoms with E-state index in [9.17, 15) is 30.0 Å². The molecule has 3 fully saturated rings. The first kappa shape index (κ1) is 29.8. The van der Waals surface area contributed by atoms with Crippen molar-refractivity contribution in [2.45, 2.75) is 107 Å². The molecule has 2 saturated heterocycles. The number of nitrogens with one attached hydrogen (secondary N) is 1. The standard InChI is InChI=1S/C32H41NO11/c1-2-40-31(39)15-8-14-9-17-19(11-33-30(17)38)20-13-41-28-23(20)22(14)18(10-15)27(29(28)42-16-6-4-3-5-7-16)44-32-26(37)25(36)24(35)21(12-34)43-32/h13-17,19,21,24-26,32,34-37H,2-12H2,1H3,(H,33,38). The number of esters is 1. The predicted octanol–water partition coefficient (Wildman–Crippen LogP) is 1.77. The number of aliphatic hydroxyl groups excluding tert-OH is 4. The largest absolute Gasteiger partial charge is 0.483 e. The Morgan fingerprint density at radius 2 is 1.82 bits per heavy atom. The highest BCUT2D eigenvalue weighted by Gasteiger charge is 2.49. The molecule has 5 aliphatic rings. The molecule has 0 spiro atoms. The molecule has 3 heterocycles. The maximum Gasteiger partial charge on any atom is 0.309 e. The zero-order chi connectivity index (χ0) is 30.7. The summed E-state index contributed by atoms with van der Waals surface area (Å²) in [6, 6.07) is 0. The molecule has 0 bridgehead atoms. The van der Waals surface area contributed by atoms with Gasteiger partial charge in [-0.15, -0.1) is 0 Å². The number of carbonyl (C=O) groups excluding carboxylic acids is 2. The van der Waals surface area contributed by atoms with Crippen molar-refractivity contribution in [1.82, 2.24) is 5.32 Å². The minimum Gasteiger partial charge on any atom is -0.483 e. The van der Waals surface area contributed by atoms with Gasteiger partial charge < -0.3 is 49.1 Å². The van der Waals surface area contributed by atoms with Crippen LogP contribution < -0.4 is 14.8 Å². The van der Waals surface area contributed by atoms with Crippen LogP contribution in [-0.4, -0.2) is 88.9 Å². The number of carbonyl (C=O) groups is 2. The second-order valence-corrected chi connectivity index (χ2v) is 12.9. The Morgan fingerprint density at radius 1 is 1.02 bits per heavy atom. The van der Waals surface area contributed by atoms with E-state index in [0.29, 0.717) is 36.3 Å². The lowest BCUT2D eigenvalue weighted by molar-refractivity contribution is -0.277. The summed E-state index contributed by atoms with van der Waals surface area (Å²) in [5, 5.41) is 45.6. The van der Waals surface area contributed by atoms with Gasteiger partial charge in [0.05, 0.1) is 31.5 Å². The van der Waals surface area contributed by atoms with Gasteiger partial charge in [-0.25, -0.2) is 0 Å². The summed E-state index contributed by atoms with van der Waals surface area (Å²) in [6.07, 6.45) is 0.212. The van der Waals surface area contributed by atoms with Crippen LogP contribution in [0.2, 0.25) is 0 Å². The van der Waals surface area contributed by atoms with Gasteiger partial charge in [0, 0.05) is 34.9 Å². The van der Waals surface area contributed by atoms with Crippen molar-refractivity contribution in [3.8, 4) is 11.5 Å². The number of hydrogen-bond donors (Lipinski definition) is 5. The van der Waals surface area contributed by atoms with E-state index in [1.165, 1.54) is 0 Å². The van der Waals surface area contributed by atoms with Crippen molar-refractivity contribution in [3.63, 3.8) is 0 Å². The number of fused-ring (bicyclic) bond motifs is 2. The van der Waals surface area contributed by atoms with E-state index >= 15 is 0 Å². The molecular formula is C32H41NO11. The molecule has 12 nitrogen and oxygen atoms in total. The van der Waals surface area contributed by atoms with E-state index in [1.54, 1.807) is 13.2 Å². The van der Waals surface area contributed by atoms with Crippen LogP contribution in [0.1, 0.15) is 80.4 Å². The monoisotopic (exact) mass is 615 g/mol. The molecule has 44 heavy (non-hydrogen) atoms. The van der Waals surface area contributed by atoms with Crippen LogP contribution in [0.3, 0.4) is 0 Å². The summed E-state index contributed by atoms with van der Waals surface area (Å²) >= 11 is 0. The summed E-state index contributed by atoms with van der Waals surface area (Å²) < 4.78 is 30.7. The summed E-state index contributed by atoms with van der Waals surface area (Å²) in [4.78, 5) is 26.3. The second kappa shape index (κ2) is 11.8. The molecule has 0 radical (unpaired) electrons. The number of hydrogen-bond acceptors (Lipinski definition) is 11. The summed E-state index contributed by atoms with van der Waals surface area (Å²) in [6.45, 7) is 1.88. The van der Waals surface area contributed by atoms with Crippen molar-refractivity contribution in [3.05, 3.63) is 23.0 Å². The smallest absolute Gasteiger partial charge is 0.309 e. The lowest BCUT2D eigenvalue weighted by Gasteiger charge is -2.41. The summed E-state index contributed by atoms with van der Waals surface area (Å²) in [7, 11) is 0. The Balaban J connectivity index is 1.42. The first-order valence-corrected chi connectivity index (χ1v) is 16.0. The quantitative estimate of drug-likeness (QED) is 0.287. The van der Waals surface area contributed by atoms with Crippen molar-refractivity contribution in [1.29, 1.82) is 0 Å². The Labute approximate surface area is 254 Å². The maximum absolute atomic E-state index is 13.2. The van der Waals surface area contributed by atoms with Crippen molar-refractivity contribution in [2.75, 3.05) is 19.8 Å². The minimum atomic E-state index is -1.65. The fraction of sp³-hybridized carbons (Fsp3) is 0.688. The molecule has 5 N–H and O–H groups in total. The van der Waals surface area contributed by atoms with Crippen LogP contribution in [0, 0.1) is 11.8 Å². The third-order valence-electron chi connectivity index (χ3n) is 10.3. The van der Waals surface area contributed by atoms with E-state index in [2.05, 4.69) is 5.32 Å². The predicted molar refractivity (Wildman–Crippen MR) is 153 cm³/mol. The Morgan fingerprint density at radius 3 is 2.57 bits per heavy atom. The molecule has 2 aliphatic heterocycles. The Bertz CT molecular complexity index is 1410. The van der Waals surface area contributed by atoms with Gasteiger partial charge in [-0.3, -0.25) is 9.59 Å². The lowest BCUT2D eigenvalue weighted by atomic mass is 9.72. The van der Waals surface area contributed by atoms with Crippen LogP contribution in [0.15, 0.2) is 10.7 Å². The van der Waals surface area contributed by atoms with Gasteiger partial charge >= 0.3 is 5.97 Å². The van der Waals surface area contributed by atoms with E-state index in [0.717, 1.165) is 48.6 Å². The second-order valence-electron chi connectivity index (χ2n) is 12.9. The molecule has 1 aromatic heterocycles. The van der Waals surface area contributed by atoms with Gasteiger partial charge in [0.2, 0.25) is 17.9 Å². The number of benzene rings is 1. The Kier molecular flexibility index (Phi) is 7.98. The van der Waals surface area contributed by atoms with E-state index in [-0.39, 0.29) is 54.5 Å². The minimum absolute atomic E-state index is 0.0200. The molecule has 9 atom stereocenters. The normalized spacial score (nSPS) is 35.1. The van der Waals surface area contributed by atoms with Crippen LogP contribution >= 0.6 is 0 Å². The van der Waals surface area contributed by atoms with Gasteiger partial charge in [0.25, 0.3) is 0 Å². The fourth-order valence-corrected chi connectivity index (χ4v) is 8.13. The van der Waals surface area contributed by atoms with E-state index in [4.69, 9.17) is 23.4 Å². The fourth-order valence-electron chi connectivity index (χ4n) is 8.13. The molecule has 240 valence electrons. The number of rotatable bonds is 7. The average Bonchev–Trinajstić information content (AvgIpc) is 3.58. The van der Waals surface area contributed by atoms with Crippen LogP contribution in [0.5, 0.6) is 11.5 Å².